The first-order valence-electron chi connectivity index (χ1n) is 5.99. The van der Waals surface area contributed by atoms with Crippen molar-refractivity contribution in [3.63, 3.8) is 0 Å². The fraction of sp³-hybridized carbons (Fsp3) is 0.385. The molecule has 3 N–H and O–H groups in total. The van der Waals surface area contributed by atoms with Crippen molar-refractivity contribution >= 4 is 16.9 Å². The highest BCUT2D eigenvalue weighted by atomic mass is 15.1. The number of para-hydroxylation sites is 2. The molecule has 17 heavy (non-hydrogen) atoms. The lowest BCUT2D eigenvalue weighted by atomic mass is 10.3. The summed E-state index contributed by atoms with van der Waals surface area (Å²) < 4.78 is 2.18. The highest BCUT2D eigenvalue weighted by molar-refractivity contribution is 5.78. The average Bonchev–Trinajstić information content (AvgIpc) is 2.64. The maximum atomic E-state index is 7.32. The highest BCUT2D eigenvalue weighted by Gasteiger charge is 2.09. The van der Waals surface area contributed by atoms with E-state index in [-0.39, 0.29) is 5.84 Å². The summed E-state index contributed by atoms with van der Waals surface area (Å²) in [6, 6.07) is 8.12. The number of hydrogen-bond donors (Lipinski definition) is 2. The number of amidine groups is 1. The van der Waals surface area contributed by atoms with Crippen LogP contribution in [0.2, 0.25) is 0 Å². The predicted molar refractivity (Wildman–Crippen MR) is 70.3 cm³/mol. The van der Waals surface area contributed by atoms with Gasteiger partial charge in [-0.3, -0.25) is 5.41 Å². The molecule has 1 aromatic carbocycles. The van der Waals surface area contributed by atoms with E-state index in [1.165, 1.54) is 0 Å². The molecule has 2 rings (SSSR count). The van der Waals surface area contributed by atoms with E-state index in [9.17, 15) is 0 Å². The molecule has 0 saturated heterocycles. The van der Waals surface area contributed by atoms with Crippen LogP contribution in [-0.4, -0.2) is 15.4 Å². The van der Waals surface area contributed by atoms with Crippen LogP contribution in [0, 0.1) is 5.41 Å². The summed E-state index contributed by atoms with van der Waals surface area (Å²) >= 11 is 0. The van der Waals surface area contributed by atoms with Gasteiger partial charge in [-0.2, -0.15) is 0 Å². The van der Waals surface area contributed by atoms with Gasteiger partial charge in [0.25, 0.3) is 0 Å². The molecule has 0 spiro atoms. The highest BCUT2D eigenvalue weighted by Crippen LogP contribution is 2.17. The predicted octanol–water partition coefficient (Wildman–Crippen LogP) is 2.31. The summed E-state index contributed by atoms with van der Waals surface area (Å²) in [5, 5.41) is 7.32. The number of benzene rings is 1. The number of hydrogen-bond acceptors (Lipinski definition) is 2. The van der Waals surface area contributed by atoms with Crippen molar-refractivity contribution in [2.24, 2.45) is 5.73 Å². The lowest BCUT2D eigenvalue weighted by Crippen LogP contribution is -2.14. The van der Waals surface area contributed by atoms with Gasteiger partial charge in [0.15, 0.2) is 0 Å². The van der Waals surface area contributed by atoms with Crippen LogP contribution in [-0.2, 0) is 13.0 Å². The number of imidazole rings is 1. The van der Waals surface area contributed by atoms with Gasteiger partial charge in [-0.1, -0.05) is 19.1 Å². The fourth-order valence-electron chi connectivity index (χ4n) is 2.02. The lowest BCUT2D eigenvalue weighted by molar-refractivity contribution is 0.675. The minimum atomic E-state index is 0.227. The van der Waals surface area contributed by atoms with Gasteiger partial charge in [0.1, 0.15) is 5.82 Å². The third-order valence-electron chi connectivity index (χ3n) is 2.81. The second-order valence-corrected chi connectivity index (χ2v) is 4.19. The number of fused-ring (bicyclic) bond motifs is 1. The monoisotopic (exact) mass is 230 g/mol. The molecule has 2 aromatic rings. The molecule has 0 radical (unpaired) electrons. The van der Waals surface area contributed by atoms with Crippen molar-refractivity contribution in [2.75, 3.05) is 0 Å². The van der Waals surface area contributed by atoms with Crippen LogP contribution in [0.1, 0.15) is 25.6 Å². The molecule has 0 aliphatic heterocycles. The van der Waals surface area contributed by atoms with E-state index < -0.39 is 0 Å². The maximum absolute atomic E-state index is 7.32. The van der Waals surface area contributed by atoms with Gasteiger partial charge >= 0.3 is 0 Å². The van der Waals surface area contributed by atoms with Gasteiger partial charge in [0.05, 0.1) is 16.9 Å². The van der Waals surface area contributed by atoms with Gasteiger partial charge in [0.2, 0.25) is 0 Å². The van der Waals surface area contributed by atoms with Crippen LogP contribution in [0.5, 0.6) is 0 Å². The van der Waals surface area contributed by atoms with Gasteiger partial charge in [-0.05, 0) is 18.6 Å². The van der Waals surface area contributed by atoms with Crippen LogP contribution in [0.4, 0.5) is 0 Å². The number of nitrogens with one attached hydrogen (secondary N) is 1. The second-order valence-electron chi connectivity index (χ2n) is 4.19. The Balaban J connectivity index is 2.40. The molecule has 0 fully saturated rings. The minimum Gasteiger partial charge on any atom is -0.388 e. The van der Waals surface area contributed by atoms with Crippen molar-refractivity contribution < 1.29 is 0 Å². The Bertz CT molecular complexity index is 527. The Labute approximate surface area is 101 Å². The number of nitrogens with two attached hydrogens (primary N) is 1. The van der Waals surface area contributed by atoms with E-state index in [2.05, 4.69) is 22.5 Å². The quantitative estimate of drug-likeness (QED) is 0.611. The van der Waals surface area contributed by atoms with E-state index in [0.29, 0.717) is 6.42 Å². The molecule has 0 saturated carbocycles. The molecule has 0 atom stereocenters. The third-order valence-corrected chi connectivity index (χ3v) is 2.81. The summed E-state index contributed by atoms with van der Waals surface area (Å²) in [6.45, 7) is 2.89. The van der Waals surface area contributed by atoms with Crippen molar-refractivity contribution in [3.05, 3.63) is 30.1 Å². The standard InChI is InChI=1S/C13H18N4/c1-2-5-13-16-10-6-3-4-7-11(10)17(13)9-8-12(14)15/h3-4,6-7H,2,5,8-9H2,1H3,(H3,14,15). The first kappa shape index (κ1) is 11.6. The molecule has 1 aromatic heterocycles. The van der Waals surface area contributed by atoms with Gasteiger partial charge in [-0.25, -0.2) is 4.98 Å². The third kappa shape index (κ3) is 2.46. The Morgan fingerprint density at radius 1 is 1.41 bits per heavy atom. The first-order valence-corrected chi connectivity index (χ1v) is 5.99. The normalized spacial score (nSPS) is 10.9. The van der Waals surface area contributed by atoms with Crippen molar-refractivity contribution in [2.45, 2.75) is 32.7 Å². The molecule has 0 aliphatic carbocycles. The Morgan fingerprint density at radius 3 is 2.88 bits per heavy atom. The summed E-state index contributed by atoms with van der Waals surface area (Å²) in [6.07, 6.45) is 2.62. The Morgan fingerprint density at radius 2 is 2.18 bits per heavy atom. The molecule has 0 unspecified atom stereocenters. The smallest absolute Gasteiger partial charge is 0.109 e. The SMILES string of the molecule is CCCc1nc2ccccc2n1CCC(=N)N. The second kappa shape index (κ2) is 4.99. The number of rotatable bonds is 5. The van der Waals surface area contributed by atoms with Crippen LogP contribution >= 0.6 is 0 Å². The van der Waals surface area contributed by atoms with Crippen LogP contribution in [0.15, 0.2) is 24.3 Å². The molecule has 4 nitrogen and oxygen atoms in total. The molecular formula is C13H18N4. The lowest BCUT2D eigenvalue weighted by Gasteiger charge is -2.07. The van der Waals surface area contributed by atoms with Crippen molar-refractivity contribution in [1.82, 2.24) is 9.55 Å². The number of aromatic nitrogens is 2. The molecule has 0 amide bonds. The van der Waals surface area contributed by atoms with Crippen molar-refractivity contribution in [1.29, 1.82) is 5.41 Å². The van der Waals surface area contributed by atoms with Crippen molar-refractivity contribution in [3.8, 4) is 0 Å². The molecule has 0 aliphatic rings. The minimum absolute atomic E-state index is 0.227. The van der Waals surface area contributed by atoms with Gasteiger partial charge in [-0.15, -0.1) is 0 Å². The zero-order valence-electron chi connectivity index (χ0n) is 10.1. The maximum Gasteiger partial charge on any atom is 0.109 e. The summed E-state index contributed by atoms with van der Waals surface area (Å²) in [5.41, 5.74) is 7.59. The molecule has 90 valence electrons. The van der Waals surface area contributed by atoms with Gasteiger partial charge in [0, 0.05) is 19.4 Å². The Hall–Kier alpha value is -1.84. The van der Waals surface area contributed by atoms with Crippen LogP contribution < -0.4 is 5.73 Å². The summed E-state index contributed by atoms with van der Waals surface area (Å²) in [5.74, 6) is 1.32. The van der Waals surface area contributed by atoms with E-state index in [0.717, 1.165) is 36.2 Å². The number of aryl methyl sites for hydroxylation is 2. The topological polar surface area (TPSA) is 67.7 Å². The van der Waals surface area contributed by atoms with E-state index in [1.54, 1.807) is 0 Å². The van der Waals surface area contributed by atoms with E-state index in [4.69, 9.17) is 11.1 Å². The molecule has 1 heterocycles. The summed E-state index contributed by atoms with van der Waals surface area (Å²) in [4.78, 5) is 4.63. The largest absolute Gasteiger partial charge is 0.388 e. The first-order chi connectivity index (χ1) is 8.22. The molecule has 4 heteroatoms. The van der Waals surface area contributed by atoms with Gasteiger partial charge < -0.3 is 10.3 Å². The Kier molecular flexibility index (Phi) is 3.42. The number of nitrogens with zero attached hydrogens (tertiary/aromatic N) is 2. The van der Waals surface area contributed by atoms with E-state index in [1.807, 2.05) is 18.2 Å². The molecule has 0 bridgehead atoms. The van der Waals surface area contributed by atoms with E-state index >= 15 is 0 Å². The summed E-state index contributed by atoms with van der Waals surface area (Å²) in [7, 11) is 0. The van der Waals surface area contributed by atoms with Crippen LogP contribution in [0.25, 0.3) is 11.0 Å². The average molecular weight is 230 g/mol. The zero-order valence-corrected chi connectivity index (χ0v) is 10.1. The zero-order chi connectivity index (χ0) is 12.3. The van der Waals surface area contributed by atoms with Crippen LogP contribution in [0.3, 0.4) is 0 Å². The fourth-order valence-corrected chi connectivity index (χ4v) is 2.02. The molecular weight excluding hydrogens is 212 g/mol.